The van der Waals surface area contributed by atoms with Gasteiger partial charge in [0.15, 0.2) is 0 Å². The third-order valence-corrected chi connectivity index (χ3v) is 14.8. The number of thiophene rings is 1. The number of anilines is 1. The van der Waals surface area contributed by atoms with Crippen molar-refractivity contribution in [3.05, 3.63) is 16.0 Å². The normalized spacial score (nSPS) is 12.9. The molecule has 1 aliphatic heterocycles. The number of unbranched alkanes of at least 4 members (excludes halogenated alkanes) is 21. The summed E-state index contributed by atoms with van der Waals surface area (Å²) in [5.41, 5.74) is 1.24. The molecule has 0 bridgehead atoms. The lowest BCUT2D eigenvalue weighted by molar-refractivity contribution is -0.150. The van der Waals surface area contributed by atoms with Crippen LogP contribution >= 0.6 is 11.3 Å². The number of carbonyl (C=O) groups is 5. The van der Waals surface area contributed by atoms with Crippen LogP contribution in [0.4, 0.5) is 5.00 Å². The van der Waals surface area contributed by atoms with Crippen LogP contribution < -0.4 is 5.32 Å². The maximum absolute atomic E-state index is 13.6. The molecule has 2 rings (SSSR count). The average molecular weight is 989 g/mol. The fourth-order valence-electron chi connectivity index (χ4n) is 9.24. The highest BCUT2D eigenvalue weighted by molar-refractivity contribution is 7.17. The maximum Gasteiger partial charge on any atom is 0.341 e. The number of nitrogens with one attached hydrogen (secondary N) is 1. The Hall–Kier alpha value is -2.99. The molecule has 398 valence electrons. The van der Waals surface area contributed by atoms with Gasteiger partial charge in [0, 0.05) is 37.2 Å². The number of hydrogen-bond donors (Lipinski definition) is 1. The van der Waals surface area contributed by atoms with Gasteiger partial charge in [0.2, 0.25) is 11.8 Å². The Morgan fingerprint density at radius 2 is 1.10 bits per heavy atom. The van der Waals surface area contributed by atoms with Crippen molar-refractivity contribution in [2.45, 2.75) is 265 Å². The molecule has 11 nitrogen and oxygen atoms in total. The second-order valence-corrected chi connectivity index (χ2v) is 21.4. The molecule has 0 radical (unpaired) electrons. The molecule has 2 heterocycles. The summed E-state index contributed by atoms with van der Waals surface area (Å²) in [7, 11) is 3.83. The van der Waals surface area contributed by atoms with E-state index in [4.69, 9.17) is 14.2 Å². The quantitative estimate of drug-likeness (QED) is 0.0386. The van der Waals surface area contributed by atoms with Crippen LogP contribution in [0.2, 0.25) is 0 Å². The lowest BCUT2D eigenvalue weighted by Crippen LogP contribution is -2.35. The van der Waals surface area contributed by atoms with Crippen LogP contribution in [0.5, 0.6) is 0 Å². The highest BCUT2D eigenvalue weighted by Crippen LogP contribution is 2.38. The molecule has 1 atom stereocenters. The summed E-state index contributed by atoms with van der Waals surface area (Å²) in [6, 6.07) is 0. The van der Waals surface area contributed by atoms with Gasteiger partial charge in [0.25, 0.3) is 0 Å². The molecule has 0 saturated carbocycles. The molecule has 1 aromatic heterocycles. The number of nitrogens with zero attached hydrogens (tertiary/aromatic N) is 2. The van der Waals surface area contributed by atoms with E-state index in [1.54, 1.807) is 0 Å². The summed E-state index contributed by atoms with van der Waals surface area (Å²) in [6.45, 7) is 11.0. The molecule has 1 aromatic rings. The SMILES string of the molecule is CCCCCCCCC(CCCCCC)OC(=O)CCCCC(=O)Nc1sc2c(c1C(=O)OCCN(C)C)CCN(C(=O)CCCCCOC(=O)C(CCCCCCCC)CCCCCCCC)C2. The third kappa shape index (κ3) is 29.2. The fourth-order valence-corrected chi connectivity index (χ4v) is 10.5. The van der Waals surface area contributed by atoms with Crippen molar-refractivity contribution in [2.24, 2.45) is 5.92 Å². The molecule has 0 aromatic carbocycles. The van der Waals surface area contributed by atoms with E-state index < -0.39 is 5.97 Å². The van der Waals surface area contributed by atoms with Crippen molar-refractivity contribution in [3.63, 3.8) is 0 Å². The molecule has 0 aliphatic carbocycles. The molecule has 2 amide bonds. The van der Waals surface area contributed by atoms with Gasteiger partial charge < -0.3 is 29.3 Å². The van der Waals surface area contributed by atoms with E-state index in [1.165, 1.54) is 120 Å². The first-order valence-electron chi connectivity index (χ1n) is 28.4. The van der Waals surface area contributed by atoms with E-state index in [0.29, 0.717) is 68.9 Å². The number of rotatable bonds is 44. The van der Waals surface area contributed by atoms with Crippen LogP contribution in [0.1, 0.15) is 267 Å². The molecule has 1 unspecified atom stereocenters. The van der Waals surface area contributed by atoms with Crippen LogP contribution in [0.15, 0.2) is 0 Å². The molecule has 0 saturated heterocycles. The third-order valence-electron chi connectivity index (χ3n) is 13.7. The van der Waals surface area contributed by atoms with Crippen molar-refractivity contribution < 1.29 is 38.2 Å². The van der Waals surface area contributed by atoms with E-state index >= 15 is 0 Å². The van der Waals surface area contributed by atoms with E-state index in [0.717, 1.165) is 81.1 Å². The van der Waals surface area contributed by atoms with Gasteiger partial charge in [0.05, 0.1) is 24.6 Å². The number of amides is 2. The van der Waals surface area contributed by atoms with E-state index in [1.807, 2.05) is 23.9 Å². The first-order chi connectivity index (χ1) is 33.5. The Bertz CT molecular complexity index is 1520. The summed E-state index contributed by atoms with van der Waals surface area (Å²) in [6.07, 6.45) is 34.9. The number of carbonyl (C=O) groups excluding carboxylic acids is 5. The van der Waals surface area contributed by atoms with Gasteiger partial charge in [-0.25, -0.2) is 4.79 Å². The number of ether oxygens (including phenoxy) is 3. The molecular weight excluding hydrogens is 887 g/mol. The second-order valence-electron chi connectivity index (χ2n) is 20.3. The lowest BCUT2D eigenvalue weighted by Gasteiger charge is -2.27. The molecular formula is C57H101N3O8S. The zero-order chi connectivity index (χ0) is 50.3. The number of hydrogen-bond acceptors (Lipinski definition) is 10. The zero-order valence-electron chi connectivity index (χ0n) is 45.0. The number of esters is 3. The van der Waals surface area contributed by atoms with Crippen LogP contribution in [-0.4, -0.2) is 86.0 Å². The highest BCUT2D eigenvalue weighted by atomic mass is 32.1. The summed E-state index contributed by atoms with van der Waals surface area (Å²) in [4.78, 5) is 71.2. The van der Waals surface area contributed by atoms with Gasteiger partial charge in [-0.15, -0.1) is 11.3 Å². The van der Waals surface area contributed by atoms with Crippen LogP contribution in [-0.2, 0) is 46.4 Å². The minimum atomic E-state index is -0.464. The average Bonchev–Trinajstić information content (AvgIpc) is 3.69. The molecule has 1 aliphatic rings. The van der Waals surface area contributed by atoms with Gasteiger partial charge in [-0.1, -0.05) is 156 Å². The van der Waals surface area contributed by atoms with Crippen molar-refractivity contribution >= 4 is 46.1 Å². The van der Waals surface area contributed by atoms with Gasteiger partial charge in [-0.05, 0) is 96.7 Å². The monoisotopic (exact) mass is 988 g/mol. The predicted octanol–water partition coefficient (Wildman–Crippen LogP) is 14.7. The fraction of sp³-hybridized carbons (Fsp3) is 0.842. The maximum atomic E-state index is 13.6. The van der Waals surface area contributed by atoms with Crippen LogP contribution in [0.25, 0.3) is 0 Å². The lowest BCUT2D eigenvalue weighted by atomic mass is 9.94. The standard InChI is InChI=1S/C57H101N3O8S/c1-7-11-15-19-22-26-34-47(35-27-23-20-16-12-8-2)56(64)66-44-33-25-30-39-52(62)60-42-41-49-50(46-60)69-55(54(49)57(65)67-45-43-59(5)6)58-51(61)38-31-32-40-53(63)68-48(36-28-18-14-10-4)37-29-24-21-17-13-9-3/h47-48H,7-46H2,1-6H3,(H,58,61). The van der Waals surface area contributed by atoms with Gasteiger partial charge >= 0.3 is 17.9 Å². The number of fused-ring (bicyclic) bond motifs is 1. The molecule has 12 heteroatoms. The van der Waals surface area contributed by atoms with Crippen molar-refractivity contribution in [1.82, 2.24) is 9.80 Å². The first kappa shape index (κ1) is 62.1. The Morgan fingerprint density at radius 1 is 0.594 bits per heavy atom. The largest absolute Gasteiger partial charge is 0.465 e. The molecule has 1 N–H and O–H groups in total. The zero-order valence-corrected chi connectivity index (χ0v) is 45.8. The Labute approximate surface area is 425 Å². The Kier molecular flexibility index (Phi) is 36.5. The minimum Gasteiger partial charge on any atom is -0.465 e. The second kappa shape index (κ2) is 40.6. The highest BCUT2D eigenvalue weighted by Gasteiger charge is 2.31. The summed E-state index contributed by atoms with van der Waals surface area (Å²) in [5, 5.41) is 3.47. The van der Waals surface area contributed by atoms with Gasteiger partial charge in [-0.3, -0.25) is 19.2 Å². The Morgan fingerprint density at radius 3 is 1.68 bits per heavy atom. The summed E-state index contributed by atoms with van der Waals surface area (Å²) in [5.74, 6) is -0.855. The minimum absolute atomic E-state index is 0.0101. The van der Waals surface area contributed by atoms with E-state index in [2.05, 4.69) is 33.0 Å². The predicted molar refractivity (Wildman–Crippen MR) is 285 cm³/mol. The van der Waals surface area contributed by atoms with Gasteiger partial charge in [-0.2, -0.15) is 0 Å². The summed E-state index contributed by atoms with van der Waals surface area (Å²) < 4.78 is 17.5. The molecule has 0 spiro atoms. The Balaban J connectivity index is 1.89. The topological polar surface area (TPSA) is 132 Å². The van der Waals surface area contributed by atoms with Crippen molar-refractivity contribution in [3.8, 4) is 0 Å². The van der Waals surface area contributed by atoms with Gasteiger partial charge in [0.1, 0.15) is 17.7 Å². The first-order valence-corrected chi connectivity index (χ1v) is 29.3. The number of likely N-dealkylation sites (N-methyl/N-ethyl adjacent to an activating group) is 1. The van der Waals surface area contributed by atoms with E-state index in [-0.39, 0.29) is 55.2 Å². The van der Waals surface area contributed by atoms with E-state index in [9.17, 15) is 24.0 Å². The van der Waals surface area contributed by atoms with Crippen LogP contribution in [0, 0.1) is 5.92 Å². The van der Waals surface area contributed by atoms with Crippen molar-refractivity contribution in [2.75, 3.05) is 45.7 Å². The molecule has 69 heavy (non-hydrogen) atoms. The molecule has 0 fully saturated rings. The van der Waals surface area contributed by atoms with Crippen molar-refractivity contribution in [1.29, 1.82) is 0 Å². The van der Waals surface area contributed by atoms with Crippen LogP contribution in [0.3, 0.4) is 0 Å². The smallest absolute Gasteiger partial charge is 0.341 e. The summed E-state index contributed by atoms with van der Waals surface area (Å²) >= 11 is 1.35.